The van der Waals surface area contributed by atoms with Gasteiger partial charge in [0.2, 0.25) is 0 Å². The molecule has 0 spiro atoms. The smallest absolute Gasteiger partial charge is 0.259 e. The van der Waals surface area contributed by atoms with Gasteiger partial charge in [-0.1, -0.05) is 17.7 Å². The first-order valence-electron chi connectivity index (χ1n) is 8.42. The maximum Gasteiger partial charge on any atom is 0.259 e. The number of aromatic nitrogens is 2. The highest BCUT2D eigenvalue weighted by molar-refractivity contribution is 6.30. The van der Waals surface area contributed by atoms with Crippen LogP contribution in [0.4, 0.5) is 11.5 Å². The molecule has 0 radical (unpaired) electrons. The number of hydrogen-bond acceptors (Lipinski definition) is 4. The lowest BCUT2D eigenvalue weighted by Crippen LogP contribution is -2.23. The molecule has 0 aliphatic carbocycles. The van der Waals surface area contributed by atoms with Gasteiger partial charge in [-0.05, 0) is 48.7 Å². The SMILES string of the molecule is O=c1cc(NCC2CCN(c3ccc(Cl)cc3)C2)nc2ccccn12. The summed E-state index contributed by atoms with van der Waals surface area (Å²) in [7, 11) is 0. The molecule has 1 saturated heterocycles. The van der Waals surface area contributed by atoms with Gasteiger partial charge in [-0.2, -0.15) is 0 Å². The monoisotopic (exact) mass is 354 g/mol. The third kappa shape index (κ3) is 3.46. The van der Waals surface area contributed by atoms with Crippen LogP contribution in [0, 0.1) is 5.92 Å². The Kier molecular flexibility index (Phi) is 4.32. The highest BCUT2D eigenvalue weighted by Gasteiger charge is 2.22. The first-order chi connectivity index (χ1) is 12.2. The summed E-state index contributed by atoms with van der Waals surface area (Å²) in [6, 6.07) is 15.1. The van der Waals surface area contributed by atoms with Crippen molar-refractivity contribution < 1.29 is 0 Å². The second-order valence-corrected chi connectivity index (χ2v) is 6.80. The molecule has 3 aromatic rings. The zero-order chi connectivity index (χ0) is 17.2. The summed E-state index contributed by atoms with van der Waals surface area (Å²) in [5, 5.41) is 4.09. The van der Waals surface area contributed by atoms with Crippen LogP contribution in [0.15, 0.2) is 59.5 Å². The molecule has 2 aromatic heterocycles. The van der Waals surface area contributed by atoms with Crippen LogP contribution in [-0.4, -0.2) is 29.0 Å². The summed E-state index contributed by atoms with van der Waals surface area (Å²) < 4.78 is 1.54. The average Bonchev–Trinajstić information content (AvgIpc) is 3.10. The van der Waals surface area contributed by atoms with Gasteiger partial charge in [0.05, 0.1) is 0 Å². The molecule has 1 aliphatic heterocycles. The molecule has 3 heterocycles. The van der Waals surface area contributed by atoms with Crippen LogP contribution in [0.1, 0.15) is 6.42 Å². The molecule has 6 heteroatoms. The summed E-state index contributed by atoms with van der Waals surface area (Å²) in [5.74, 6) is 1.16. The second kappa shape index (κ2) is 6.76. The number of benzene rings is 1. The lowest BCUT2D eigenvalue weighted by atomic mass is 10.1. The number of anilines is 2. The standard InChI is InChI=1S/C19H19ClN4O/c20-15-4-6-16(7-5-15)23-10-8-14(13-23)12-21-17-11-19(25)24-9-2-1-3-18(24)22-17/h1-7,9,11,14,21H,8,10,12-13H2. The number of hydrogen-bond donors (Lipinski definition) is 1. The van der Waals surface area contributed by atoms with Crippen LogP contribution in [0.2, 0.25) is 5.02 Å². The zero-order valence-corrected chi connectivity index (χ0v) is 14.5. The van der Waals surface area contributed by atoms with E-state index in [2.05, 4.69) is 27.3 Å². The largest absolute Gasteiger partial charge is 0.371 e. The van der Waals surface area contributed by atoms with Gasteiger partial charge in [-0.15, -0.1) is 0 Å². The van der Waals surface area contributed by atoms with Crippen molar-refractivity contribution in [3.05, 3.63) is 70.1 Å². The van der Waals surface area contributed by atoms with Crippen LogP contribution in [-0.2, 0) is 0 Å². The third-order valence-corrected chi connectivity index (χ3v) is 4.87. The van der Waals surface area contributed by atoms with Crippen LogP contribution in [0.3, 0.4) is 0 Å². The first kappa shape index (κ1) is 16.0. The molecule has 1 aromatic carbocycles. The molecule has 25 heavy (non-hydrogen) atoms. The molecule has 1 atom stereocenters. The number of pyridine rings is 1. The van der Waals surface area contributed by atoms with Crippen molar-refractivity contribution in [1.29, 1.82) is 0 Å². The Balaban J connectivity index is 1.41. The molecule has 0 saturated carbocycles. The topological polar surface area (TPSA) is 49.6 Å². The molecular weight excluding hydrogens is 336 g/mol. The van der Waals surface area contributed by atoms with E-state index in [0.717, 1.165) is 31.1 Å². The number of fused-ring (bicyclic) bond motifs is 1. The van der Waals surface area contributed by atoms with E-state index in [1.54, 1.807) is 16.7 Å². The van der Waals surface area contributed by atoms with Crippen molar-refractivity contribution in [2.45, 2.75) is 6.42 Å². The van der Waals surface area contributed by atoms with E-state index in [4.69, 9.17) is 11.6 Å². The van der Waals surface area contributed by atoms with Gasteiger partial charge >= 0.3 is 0 Å². The highest BCUT2D eigenvalue weighted by atomic mass is 35.5. The van der Waals surface area contributed by atoms with Gasteiger partial charge in [0.15, 0.2) is 0 Å². The molecule has 0 bridgehead atoms. The third-order valence-electron chi connectivity index (χ3n) is 4.62. The van der Waals surface area contributed by atoms with Crippen molar-refractivity contribution in [3.8, 4) is 0 Å². The fraction of sp³-hybridized carbons (Fsp3) is 0.263. The Hall–Kier alpha value is -2.53. The van der Waals surface area contributed by atoms with Crippen LogP contribution in [0.5, 0.6) is 0 Å². The van der Waals surface area contributed by atoms with Gasteiger partial charge in [-0.3, -0.25) is 9.20 Å². The quantitative estimate of drug-likeness (QED) is 0.781. The molecule has 1 aliphatic rings. The zero-order valence-electron chi connectivity index (χ0n) is 13.7. The lowest BCUT2D eigenvalue weighted by molar-refractivity contribution is 0.621. The summed E-state index contributed by atoms with van der Waals surface area (Å²) >= 11 is 5.96. The van der Waals surface area contributed by atoms with Crippen molar-refractivity contribution >= 4 is 28.8 Å². The lowest BCUT2D eigenvalue weighted by Gasteiger charge is -2.19. The van der Waals surface area contributed by atoms with Gasteiger partial charge in [-0.25, -0.2) is 4.98 Å². The minimum atomic E-state index is -0.0673. The Morgan fingerprint density at radius 1 is 1.20 bits per heavy atom. The van der Waals surface area contributed by atoms with Gasteiger partial charge in [0.1, 0.15) is 11.5 Å². The Labute approximate surface area is 150 Å². The summed E-state index contributed by atoms with van der Waals surface area (Å²) in [6.07, 6.45) is 2.84. The molecule has 1 fully saturated rings. The van der Waals surface area contributed by atoms with Crippen molar-refractivity contribution in [3.63, 3.8) is 0 Å². The van der Waals surface area contributed by atoms with E-state index in [1.807, 2.05) is 30.3 Å². The highest BCUT2D eigenvalue weighted by Crippen LogP contribution is 2.25. The number of nitrogens with zero attached hydrogens (tertiary/aromatic N) is 3. The Morgan fingerprint density at radius 3 is 2.88 bits per heavy atom. The van der Waals surface area contributed by atoms with Crippen LogP contribution < -0.4 is 15.8 Å². The Morgan fingerprint density at radius 2 is 2.04 bits per heavy atom. The predicted molar refractivity (Wildman–Crippen MR) is 102 cm³/mol. The number of nitrogens with one attached hydrogen (secondary N) is 1. The minimum Gasteiger partial charge on any atom is -0.371 e. The van der Waals surface area contributed by atoms with E-state index in [0.29, 0.717) is 17.4 Å². The predicted octanol–water partition coefficient (Wildman–Crippen LogP) is 3.29. The van der Waals surface area contributed by atoms with Gasteiger partial charge in [0.25, 0.3) is 5.56 Å². The van der Waals surface area contributed by atoms with E-state index >= 15 is 0 Å². The Bertz CT molecular complexity index is 938. The normalized spacial score (nSPS) is 17.2. The summed E-state index contributed by atoms with van der Waals surface area (Å²) in [6.45, 7) is 2.82. The maximum absolute atomic E-state index is 12.1. The van der Waals surface area contributed by atoms with E-state index in [9.17, 15) is 4.79 Å². The molecule has 0 amide bonds. The van der Waals surface area contributed by atoms with Crippen molar-refractivity contribution in [1.82, 2.24) is 9.38 Å². The molecule has 4 rings (SSSR count). The summed E-state index contributed by atoms with van der Waals surface area (Å²) in [4.78, 5) is 19.0. The van der Waals surface area contributed by atoms with Crippen molar-refractivity contribution in [2.24, 2.45) is 5.92 Å². The number of rotatable bonds is 4. The first-order valence-corrected chi connectivity index (χ1v) is 8.80. The van der Waals surface area contributed by atoms with Crippen molar-refractivity contribution in [2.75, 3.05) is 29.9 Å². The van der Waals surface area contributed by atoms with E-state index in [1.165, 1.54) is 5.69 Å². The average molecular weight is 355 g/mol. The van der Waals surface area contributed by atoms with E-state index in [-0.39, 0.29) is 5.56 Å². The fourth-order valence-electron chi connectivity index (χ4n) is 3.28. The minimum absolute atomic E-state index is 0.0673. The van der Waals surface area contributed by atoms with Gasteiger partial charge in [0, 0.05) is 42.6 Å². The number of halogens is 1. The maximum atomic E-state index is 12.1. The van der Waals surface area contributed by atoms with E-state index < -0.39 is 0 Å². The fourth-order valence-corrected chi connectivity index (χ4v) is 3.40. The van der Waals surface area contributed by atoms with Gasteiger partial charge < -0.3 is 10.2 Å². The molecule has 1 unspecified atom stereocenters. The molecular formula is C19H19ClN4O. The molecule has 128 valence electrons. The molecule has 1 N–H and O–H groups in total. The molecule has 5 nitrogen and oxygen atoms in total. The summed E-state index contributed by atoms with van der Waals surface area (Å²) in [5.41, 5.74) is 1.79. The second-order valence-electron chi connectivity index (χ2n) is 6.37. The van der Waals surface area contributed by atoms with Crippen LogP contribution in [0.25, 0.3) is 5.65 Å². The van der Waals surface area contributed by atoms with Crippen LogP contribution >= 0.6 is 11.6 Å².